The Labute approximate surface area is 175 Å². The predicted octanol–water partition coefficient (Wildman–Crippen LogP) is 4.67. The van der Waals surface area contributed by atoms with Gasteiger partial charge in [-0.25, -0.2) is 4.68 Å². The van der Waals surface area contributed by atoms with E-state index in [4.69, 9.17) is 11.6 Å². The summed E-state index contributed by atoms with van der Waals surface area (Å²) in [4.78, 5) is 13.0. The zero-order chi connectivity index (χ0) is 18.6. The standard InChI is InChI=1S/C21H21ClN4O.ClH/c22-16-6-8-18(9-7-16)26-20(15-10-12-23-13-11-15)19(14-24-26)21(27)25-17-4-2-1-3-5-17;/h1-9,14-15,23H,10-13H2,(H,25,27);1H. The zero-order valence-electron chi connectivity index (χ0n) is 15.3. The number of rotatable bonds is 4. The maximum Gasteiger partial charge on any atom is 0.259 e. The van der Waals surface area contributed by atoms with E-state index in [-0.39, 0.29) is 24.2 Å². The van der Waals surface area contributed by atoms with E-state index in [1.807, 2.05) is 59.3 Å². The van der Waals surface area contributed by atoms with Gasteiger partial charge in [0, 0.05) is 16.6 Å². The number of benzene rings is 2. The van der Waals surface area contributed by atoms with Crippen molar-refractivity contribution in [2.75, 3.05) is 18.4 Å². The van der Waals surface area contributed by atoms with E-state index in [2.05, 4.69) is 15.7 Å². The van der Waals surface area contributed by atoms with Crippen molar-refractivity contribution in [2.24, 2.45) is 0 Å². The Bertz CT molecular complexity index is 919. The summed E-state index contributed by atoms with van der Waals surface area (Å²) in [6, 6.07) is 17.0. The van der Waals surface area contributed by atoms with Gasteiger partial charge in [0.2, 0.25) is 0 Å². The van der Waals surface area contributed by atoms with E-state index in [1.54, 1.807) is 6.20 Å². The van der Waals surface area contributed by atoms with E-state index in [0.717, 1.165) is 43.0 Å². The van der Waals surface area contributed by atoms with Gasteiger partial charge in [0.05, 0.1) is 23.1 Å². The zero-order valence-corrected chi connectivity index (χ0v) is 16.8. The summed E-state index contributed by atoms with van der Waals surface area (Å²) in [5.41, 5.74) is 3.28. The Hall–Kier alpha value is -2.34. The minimum Gasteiger partial charge on any atom is -0.322 e. The number of nitrogens with zero attached hydrogens (tertiary/aromatic N) is 2. The molecule has 28 heavy (non-hydrogen) atoms. The van der Waals surface area contributed by atoms with Gasteiger partial charge in [-0.1, -0.05) is 29.8 Å². The van der Waals surface area contributed by atoms with Crippen LogP contribution < -0.4 is 10.6 Å². The van der Waals surface area contributed by atoms with Crippen molar-refractivity contribution in [3.63, 3.8) is 0 Å². The van der Waals surface area contributed by atoms with Crippen LogP contribution in [0.25, 0.3) is 5.69 Å². The normalized spacial score (nSPS) is 14.3. The first-order valence-electron chi connectivity index (χ1n) is 9.13. The molecule has 2 heterocycles. The summed E-state index contributed by atoms with van der Waals surface area (Å²) >= 11 is 6.03. The summed E-state index contributed by atoms with van der Waals surface area (Å²) < 4.78 is 1.88. The molecule has 2 N–H and O–H groups in total. The van der Waals surface area contributed by atoms with Crippen molar-refractivity contribution in [3.8, 4) is 5.69 Å². The number of hydrogen-bond acceptors (Lipinski definition) is 3. The molecular weight excluding hydrogens is 395 g/mol. The molecule has 146 valence electrons. The van der Waals surface area contributed by atoms with Gasteiger partial charge in [-0.2, -0.15) is 5.10 Å². The monoisotopic (exact) mass is 416 g/mol. The molecule has 1 fully saturated rings. The number of piperidine rings is 1. The maximum absolute atomic E-state index is 13.0. The molecule has 1 aliphatic rings. The van der Waals surface area contributed by atoms with Crippen LogP contribution in [0.3, 0.4) is 0 Å². The highest BCUT2D eigenvalue weighted by Crippen LogP contribution is 2.31. The second-order valence-electron chi connectivity index (χ2n) is 6.68. The number of halogens is 2. The molecule has 3 aromatic rings. The first kappa shape index (κ1) is 20.4. The van der Waals surface area contributed by atoms with Crippen molar-refractivity contribution >= 4 is 35.6 Å². The molecule has 0 unspecified atom stereocenters. The van der Waals surface area contributed by atoms with Crippen LogP contribution in [-0.4, -0.2) is 28.8 Å². The van der Waals surface area contributed by atoms with Crippen LogP contribution in [0.5, 0.6) is 0 Å². The quantitative estimate of drug-likeness (QED) is 0.649. The molecule has 0 atom stereocenters. The van der Waals surface area contributed by atoms with Gasteiger partial charge in [-0.05, 0) is 62.3 Å². The lowest BCUT2D eigenvalue weighted by molar-refractivity contribution is 0.102. The molecule has 7 heteroatoms. The number of anilines is 1. The Kier molecular flexibility index (Phi) is 6.73. The highest BCUT2D eigenvalue weighted by Gasteiger charge is 2.27. The summed E-state index contributed by atoms with van der Waals surface area (Å²) in [5.74, 6) is 0.149. The fourth-order valence-electron chi connectivity index (χ4n) is 3.53. The third-order valence-electron chi connectivity index (χ3n) is 4.88. The van der Waals surface area contributed by atoms with Gasteiger partial charge >= 0.3 is 0 Å². The lowest BCUT2D eigenvalue weighted by atomic mass is 9.91. The fraction of sp³-hybridized carbons (Fsp3) is 0.238. The third kappa shape index (κ3) is 4.38. The van der Waals surface area contributed by atoms with Crippen LogP contribution in [-0.2, 0) is 0 Å². The number of carbonyl (C=O) groups is 1. The summed E-state index contributed by atoms with van der Waals surface area (Å²) in [5, 5.41) is 11.6. The minimum atomic E-state index is -0.130. The van der Waals surface area contributed by atoms with Crippen LogP contribution in [0.2, 0.25) is 5.02 Å². The molecule has 5 nitrogen and oxygen atoms in total. The predicted molar refractivity (Wildman–Crippen MR) is 115 cm³/mol. The van der Waals surface area contributed by atoms with Gasteiger partial charge in [0.25, 0.3) is 5.91 Å². The van der Waals surface area contributed by atoms with Gasteiger partial charge in [-0.15, -0.1) is 12.4 Å². The molecule has 4 rings (SSSR count). The summed E-state index contributed by atoms with van der Waals surface area (Å²) in [6.07, 6.45) is 3.63. The van der Waals surface area contributed by atoms with Crippen molar-refractivity contribution in [1.82, 2.24) is 15.1 Å². The molecule has 1 saturated heterocycles. The van der Waals surface area contributed by atoms with E-state index < -0.39 is 0 Å². The van der Waals surface area contributed by atoms with E-state index in [0.29, 0.717) is 10.6 Å². The average Bonchev–Trinajstić information content (AvgIpc) is 3.15. The number of carbonyl (C=O) groups excluding carboxylic acids is 1. The molecule has 1 aliphatic heterocycles. The van der Waals surface area contributed by atoms with E-state index in [1.165, 1.54) is 0 Å². The molecule has 0 aliphatic carbocycles. The smallest absolute Gasteiger partial charge is 0.259 e. The molecule has 0 saturated carbocycles. The van der Waals surface area contributed by atoms with Crippen LogP contribution in [0.1, 0.15) is 34.8 Å². The molecule has 0 radical (unpaired) electrons. The Morgan fingerprint density at radius 2 is 1.75 bits per heavy atom. The Morgan fingerprint density at radius 3 is 2.43 bits per heavy atom. The van der Waals surface area contributed by atoms with Crippen LogP contribution in [0.4, 0.5) is 5.69 Å². The van der Waals surface area contributed by atoms with E-state index >= 15 is 0 Å². The number of hydrogen-bond donors (Lipinski definition) is 2. The first-order chi connectivity index (χ1) is 13.2. The van der Waals surface area contributed by atoms with Gasteiger partial charge < -0.3 is 10.6 Å². The second-order valence-corrected chi connectivity index (χ2v) is 7.11. The molecule has 0 bridgehead atoms. The molecule has 2 aromatic carbocycles. The van der Waals surface area contributed by atoms with Crippen LogP contribution in [0, 0.1) is 0 Å². The lowest BCUT2D eigenvalue weighted by Gasteiger charge is -2.24. The van der Waals surface area contributed by atoms with Gasteiger partial charge in [0.1, 0.15) is 0 Å². The number of amides is 1. The SMILES string of the molecule is Cl.O=C(Nc1ccccc1)c1cnn(-c2ccc(Cl)cc2)c1C1CCNCC1. The molecule has 1 aromatic heterocycles. The number of aromatic nitrogens is 2. The lowest BCUT2D eigenvalue weighted by Crippen LogP contribution is -2.29. The maximum atomic E-state index is 13.0. The molecule has 0 spiro atoms. The van der Waals surface area contributed by atoms with Crippen LogP contribution >= 0.6 is 24.0 Å². The first-order valence-corrected chi connectivity index (χ1v) is 9.51. The third-order valence-corrected chi connectivity index (χ3v) is 5.13. The van der Waals surface area contributed by atoms with Crippen molar-refractivity contribution in [2.45, 2.75) is 18.8 Å². The minimum absolute atomic E-state index is 0. The number of nitrogens with one attached hydrogen (secondary N) is 2. The number of para-hydroxylation sites is 1. The topological polar surface area (TPSA) is 59.0 Å². The van der Waals surface area contributed by atoms with Crippen molar-refractivity contribution in [3.05, 3.63) is 77.1 Å². The largest absolute Gasteiger partial charge is 0.322 e. The highest BCUT2D eigenvalue weighted by molar-refractivity contribution is 6.30. The van der Waals surface area contributed by atoms with Crippen molar-refractivity contribution in [1.29, 1.82) is 0 Å². The second kappa shape index (κ2) is 9.24. The summed E-state index contributed by atoms with van der Waals surface area (Å²) in [7, 11) is 0. The van der Waals surface area contributed by atoms with E-state index in [9.17, 15) is 4.79 Å². The molecule has 1 amide bonds. The van der Waals surface area contributed by atoms with Crippen molar-refractivity contribution < 1.29 is 4.79 Å². The molecular formula is C21H22Cl2N4O. The Morgan fingerprint density at radius 1 is 1.07 bits per heavy atom. The average molecular weight is 417 g/mol. The van der Waals surface area contributed by atoms with Gasteiger partial charge in [-0.3, -0.25) is 4.79 Å². The highest BCUT2D eigenvalue weighted by atomic mass is 35.5. The Balaban J connectivity index is 0.00000225. The van der Waals surface area contributed by atoms with Crippen LogP contribution in [0.15, 0.2) is 60.8 Å². The van der Waals surface area contributed by atoms with Gasteiger partial charge in [0.15, 0.2) is 0 Å². The fourth-order valence-corrected chi connectivity index (χ4v) is 3.66. The summed E-state index contributed by atoms with van der Waals surface area (Å²) in [6.45, 7) is 1.88.